The van der Waals surface area contributed by atoms with Crippen LogP contribution in [-0.2, 0) is 15.7 Å². The summed E-state index contributed by atoms with van der Waals surface area (Å²) in [6.07, 6.45) is 9.22. The molecule has 0 atom stereocenters. The van der Waals surface area contributed by atoms with E-state index in [4.69, 9.17) is 14.5 Å². The molecule has 2 fully saturated rings. The highest BCUT2D eigenvalue weighted by Crippen LogP contribution is 2.42. The predicted molar refractivity (Wildman–Crippen MR) is 190 cm³/mol. The lowest BCUT2D eigenvalue weighted by atomic mass is 10.00. The van der Waals surface area contributed by atoms with Crippen molar-refractivity contribution in [3.05, 3.63) is 52.9 Å². The summed E-state index contributed by atoms with van der Waals surface area (Å²) in [6.45, 7) is 8.54. The standard InChI is InChI=1S/C33H40BrN8O4P/c1-5-21-18-26(28(45-2)19-27(21)41-15-10-22(11-16-41)42-14-6-7-17-46-33(42)43)39-32-37-20-23(34)31(40-32)38-25-9-8-24-29(36-13-12-35-24)30(25)47(3,4)44/h8-9,12-13,18-20,22H,5-7,10-11,14-17H2,1-4H3,(H2,37,38,39,40). The molecule has 4 heterocycles. The topological polar surface area (TPSA) is 135 Å². The number of halogens is 1. The second-order valence-electron chi connectivity index (χ2n) is 12.1. The van der Waals surface area contributed by atoms with Gasteiger partial charge in [0.05, 0.1) is 40.4 Å². The number of cyclic esters (lactones) is 1. The lowest BCUT2D eigenvalue weighted by molar-refractivity contribution is 0.0946. The number of piperidine rings is 1. The monoisotopic (exact) mass is 722 g/mol. The van der Waals surface area contributed by atoms with Crippen molar-refractivity contribution in [1.82, 2.24) is 24.8 Å². The fourth-order valence-corrected chi connectivity index (χ4v) is 8.04. The molecule has 14 heteroatoms. The number of hydrogen-bond donors (Lipinski definition) is 2. The highest BCUT2D eigenvalue weighted by atomic mass is 79.9. The first kappa shape index (κ1) is 33.0. The van der Waals surface area contributed by atoms with Crippen LogP contribution in [0.5, 0.6) is 5.75 Å². The molecule has 0 saturated carbocycles. The maximum absolute atomic E-state index is 13.4. The molecule has 2 aliphatic heterocycles. The van der Waals surface area contributed by atoms with Gasteiger partial charge in [-0.3, -0.25) is 9.97 Å². The summed E-state index contributed by atoms with van der Waals surface area (Å²) in [6, 6.07) is 8.06. The fourth-order valence-electron chi connectivity index (χ4n) is 6.36. The van der Waals surface area contributed by atoms with E-state index in [2.05, 4.69) is 65.5 Å². The van der Waals surface area contributed by atoms with Crippen LogP contribution >= 0.6 is 23.1 Å². The van der Waals surface area contributed by atoms with Gasteiger partial charge in [0.15, 0.2) is 0 Å². The SMILES string of the molecule is CCc1cc(Nc2ncc(Br)c(Nc3ccc4nccnc4c3P(C)(C)=O)n2)c(OC)cc1N1CCC(N2CCCCOC2=O)CC1. The van der Waals surface area contributed by atoms with E-state index in [0.29, 0.717) is 50.6 Å². The Morgan fingerprint density at radius 2 is 1.83 bits per heavy atom. The number of nitrogens with one attached hydrogen (secondary N) is 2. The number of rotatable bonds is 9. The number of nitrogens with zero attached hydrogens (tertiary/aromatic N) is 6. The minimum atomic E-state index is -2.75. The molecule has 1 amide bonds. The fraction of sp³-hybridized carbons (Fsp3) is 0.424. The zero-order valence-corrected chi connectivity index (χ0v) is 29.6. The molecule has 0 aliphatic carbocycles. The Morgan fingerprint density at radius 3 is 2.57 bits per heavy atom. The van der Waals surface area contributed by atoms with E-state index < -0.39 is 7.14 Å². The van der Waals surface area contributed by atoms with E-state index >= 15 is 0 Å². The number of carbonyl (C=O) groups excluding carboxylic acids is 1. The van der Waals surface area contributed by atoms with Crippen LogP contribution < -0.4 is 25.6 Å². The summed E-state index contributed by atoms with van der Waals surface area (Å²) in [5.41, 5.74) is 4.95. The first-order chi connectivity index (χ1) is 22.7. The Kier molecular flexibility index (Phi) is 9.84. The molecule has 0 unspecified atom stereocenters. The third-order valence-electron chi connectivity index (χ3n) is 8.68. The molecule has 6 rings (SSSR count). The molecule has 2 saturated heterocycles. The number of carbonyl (C=O) groups is 1. The molecule has 4 aromatic rings. The lowest BCUT2D eigenvalue weighted by Gasteiger charge is -2.39. The quantitative estimate of drug-likeness (QED) is 0.179. The van der Waals surface area contributed by atoms with Gasteiger partial charge in [0, 0.05) is 56.0 Å². The van der Waals surface area contributed by atoms with Gasteiger partial charge >= 0.3 is 6.09 Å². The van der Waals surface area contributed by atoms with Crippen LogP contribution in [0, 0.1) is 0 Å². The van der Waals surface area contributed by atoms with E-state index in [1.807, 2.05) is 17.0 Å². The summed E-state index contributed by atoms with van der Waals surface area (Å²) in [4.78, 5) is 35.0. The number of amides is 1. The Morgan fingerprint density at radius 1 is 1.04 bits per heavy atom. The number of ether oxygens (including phenoxy) is 2. The zero-order chi connectivity index (χ0) is 33.1. The van der Waals surface area contributed by atoms with Crippen molar-refractivity contribution in [2.24, 2.45) is 0 Å². The molecular formula is C33H40BrN8O4P. The molecule has 2 aromatic heterocycles. The van der Waals surface area contributed by atoms with Crippen molar-refractivity contribution in [3.8, 4) is 5.75 Å². The van der Waals surface area contributed by atoms with Gasteiger partial charge in [-0.15, -0.1) is 0 Å². The second-order valence-corrected chi connectivity index (χ2v) is 16.1. The molecule has 0 spiro atoms. The van der Waals surface area contributed by atoms with E-state index in [9.17, 15) is 9.36 Å². The third-order valence-corrected chi connectivity index (χ3v) is 10.8. The van der Waals surface area contributed by atoms with Crippen molar-refractivity contribution in [3.63, 3.8) is 0 Å². The molecule has 2 aromatic carbocycles. The third kappa shape index (κ3) is 7.16. The number of fused-ring (bicyclic) bond motifs is 1. The van der Waals surface area contributed by atoms with Gasteiger partial charge in [0.2, 0.25) is 5.95 Å². The molecule has 12 nitrogen and oxygen atoms in total. The smallest absolute Gasteiger partial charge is 0.410 e. The Balaban J connectivity index is 1.23. The van der Waals surface area contributed by atoms with Gasteiger partial charge in [-0.05, 0) is 85.1 Å². The van der Waals surface area contributed by atoms with Gasteiger partial charge in [-0.2, -0.15) is 4.98 Å². The highest BCUT2D eigenvalue weighted by Gasteiger charge is 2.31. The average Bonchev–Trinajstić information content (AvgIpc) is 3.29. The van der Waals surface area contributed by atoms with Crippen molar-refractivity contribution in [2.75, 3.05) is 62.2 Å². The molecule has 47 heavy (non-hydrogen) atoms. The number of benzene rings is 2. The number of anilines is 5. The van der Waals surface area contributed by atoms with E-state index in [-0.39, 0.29) is 12.1 Å². The first-order valence-corrected chi connectivity index (χ1v) is 19.3. The van der Waals surface area contributed by atoms with Crippen LogP contribution in [0.25, 0.3) is 11.0 Å². The van der Waals surface area contributed by atoms with Crippen LogP contribution in [0.1, 0.15) is 38.2 Å². The van der Waals surface area contributed by atoms with Crippen LogP contribution in [0.3, 0.4) is 0 Å². The Labute approximate surface area is 283 Å². The summed E-state index contributed by atoms with van der Waals surface area (Å²) in [5, 5.41) is 7.32. The van der Waals surface area contributed by atoms with Gasteiger partial charge < -0.3 is 34.5 Å². The minimum Gasteiger partial charge on any atom is -0.494 e. The molecule has 0 bridgehead atoms. The van der Waals surface area contributed by atoms with E-state index in [1.54, 1.807) is 39.0 Å². The van der Waals surface area contributed by atoms with E-state index in [0.717, 1.165) is 63.1 Å². The molecule has 0 radical (unpaired) electrons. The second kappa shape index (κ2) is 14.0. The van der Waals surface area contributed by atoms with Crippen LogP contribution in [0.4, 0.5) is 33.6 Å². The summed E-state index contributed by atoms with van der Waals surface area (Å²) < 4.78 is 25.3. The Bertz CT molecular complexity index is 1830. The first-order valence-electron chi connectivity index (χ1n) is 15.9. The molecule has 2 N–H and O–H groups in total. The number of aryl methyl sites for hydroxylation is 1. The predicted octanol–water partition coefficient (Wildman–Crippen LogP) is 6.69. The summed E-state index contributed by atoms with van der Waals surface area (Å²) in [7, 11) is -1.10. The van der Waals surface area contributed by atoms with Crippen molar-refractivity contribution >= 4 is 74.3 Å². The van der Waals surface area contributed by atoms with E-state index in [1.165, 1.54) is 5.56 Å². The summed E-state index contributed by atoms with van der Waals surface area (Å²) >= 11 is 3.57. The average molecular weight is 724 g/mol. The number of aromatic nitrogens is 4. The zero-order valence-electron chi connectivity index (χ0n) is 27.1. The molecule has 2 aliphatic rings. The van der Waals surface area contributed by atoms with Crippen molar-refractivity contribution in [2.45, 2.75) is 45.1 Å². The van der Waals surface area contributed by atoms with Gasteiger partial charge in [-0.1, -0.05) is 6.92 Å². The lowest BCUT2D eigenvalue weighted by Crippen LogP contribution is -2.47. The molecular weight excluding hydrogens is 683 g/mol. The number of hydrogen-bond acceptors (Lipinski definition) is 11. The maximum atomic E-state index is 13.4. The maximum Gasteiger partial charge on any atom is 0.410 e. The summed E-state index contributed by atoms with van der Waals surface area (Å²) in [5.74, 6) is 1.54. The van der Waals surface area contributed by atoms with Crippen LogP contribution in [-0.4, -0.2) is 83.7 Å². The molecule has 248 valence electrons. The van der Waals surface area contributed by atoms with Crippen LogP contribution in [0.15, 0.2) is 47.3 Å². The Hall–Kier alpha value is -3.96. The van der Waals surface area contributed by atoms with Gasteiger partial charge in [-0.25, -0.2) is 9.78 Å². The minimum absolute atomic E-state index is 0.177. The van der Waals surface area contributed by atoms with Crippen LogP contribution in [0.2, 0.25) is 0 Å². The normalized spacial score (nSPS) is 16.1. The van der Waals surface area contributed by atoms with Crippen molar-refractivity contribution < 1.29 is 18.8 Å². The van der Waals surface area contributed by atoms with Crippen molar-refractivity contribution in [1.29, 1.82) is 0 Å². The highest BCUT2D eigenvalue weighted by molar-refractivity contribution is 9.10. The van der Waals surface area contributed by atoms with Gasteiger partial charge in [0.1, 0.15) is 24.2 Å². The van der Waals surface area contributed by atoms with Gasteiger partial charge in [0.25, 0.3) is 0 Å². The number of methoxy groups -OCH3 is 1. The largest absolute Gasteiger partial charge is 0.494 e.